The van der Waals surface area contributed by atoms with Gasteiger partial charge in [0.15, 0.2) is 0 Å². The Morgan fingerprint density at radius 2 is 2.17 bits per heavy atom. The molecule has 0 saturated carbocycles. The van der Waals surface area contributed by atoms with Crippen molar-refractivity contribution in [3.8, 4) is 18.1 Å². The zero-order chi connectivity index (χ0) is 17.5. The Bertz CT molecular complexity index is 608. The summed E-state index contributed by atoms with van der Waals surface area (Å²) < 4.78 is 38.0. The van der Waals surface area contributed by atoms with Gasteiger partial charge in [0.25, 0.3) is 0 Å². The second-order valence-corrected chi connectivity index (χ2v) is 5.37. The van der Waals surface area contributed by atoms with Gasteiger partial charge in [-0.05, 0) is 6.42 Å². The van der Waals surface area contributed by atoms with E-state index in [9.17, 15) is 13.6 Å². The van der Waals surface area contributed by atoms with Crippen molar-refractivity contribution in [3.63, 3.8) is 0 Å². The highest BCUT2D eigenvalue weighted by Crippen LogP contribution is 2.22. The molecule has 1 saturated heterocycles. The third-order valence-corrected chi connectivity index (χ3v) is 3.83. The molecule has 2 rings (SSSR count). The maximum absolute atomic E-state index is 14.0. The molecular formula is C17H20F2N2O3. The zero-order valence-corrected chi connectivity index (χ0v) is 13.5. The molecule has 1 amide bonds. The van der Waals surface area contributed by atoms with E-state index < -0.39 is 24.3 Å². The van der Waals surface area contributed by atoms with Crippen LogP contribution in [0.15, 0.2) is 12.1 Å². The maximum atomic E-state index is 14.0. The van der Waals surface area contributed by atoms with Gasteiger partial charge in [-0.15, -0.1) is 6.42 Å². The summed E-state index contributed by atoms with van der Waals surface area (Å²) in [4.78, 5) is 13.7. The van der Waals surface area contributed by atoms with Crippen LogP contribution in [0.1, 0.15) is 18.9 Å². The van der Waals surface area contributed by atoms with Crippen LogP contribution in [0.5, 0.6) is 5.75 Å². The van der Waals surface area contributed by atoms with E-state index in [2.05, 4.69) is 11.2 Å². The van der Waals surface area contributed by atoms with E-state index in [4.69, 9.17) is 15.9 Å². The van der Waals surface area contributed by atoms with Crippen LogP contribution >= 0.6 is 0 Å². The van der Waals surface area contributed by atoms with Gasteiger partial charge in [-0.1, -0.05) is 12.8 Å². The summed E-state index contributed by atoms with van der Waals surface area (Å²) in [7, 11) is 0. The average molecular weight is 338 g/mol. The van der Waals surface area contributed by atoms with E-state index in [1.165, 1.54) is 0 Å². The van der Waals surface area contributed by atoms with E-state index in [-0.39, 0.29) is 24.0 Å². The molecule has 0 spiro atoms. The second-order valence-electron chi connectivity index (χ2n) is 5.37. The van der Waals surface area contributed by atoms with Crippen molar-refractivity contribution in [1.29, 1.82) is 0 Å². The molecule has 1 aromatic carbocycles. The SMILES string of the molecule is C#CCOc1cc(F)c(COC(=O)N2CCNCC2CC)c(F)c1. The van der Waals surface area contributed by atoms with Gasteiger partial charge in [0.05, 0.1) is 5.56 Å². The molecule has 130 valence electrons. The van der Waals surface area contributed by atoms with Crippen LogP contribution < -0.4 is 10.1 Å². The fraction of sp³-hybridized carbons (Fsp3) is 0.471. The number of nitrogens with zero attached hydrogens (tertiary/aromatic N) is 1. The minimum Gasteiger partial charge on any atom is -0.481 e. The lowest BCUT2D eigenvalue weighted by atomic mass is 10.1. The molecule has 1 N–H and O–H groups in total. The highest BCUT2D eigenvalue weighted by atomic mass is 19.1. The molecule has 1 fully saturated rings. The van der Waals surface area contributed by atoms with Crippen molar-refractivity contribution in [2.75, 3.05) is 26.2 Å². The van der Waals surface area contributed by atoms with Crippen molar-refractivity contribution in [1.82, 2.24) is 10.2 Å². The zero-order valence-electron chi connectivity index (χ0n) is 13.5. The first-order valence-corrected chi connectivity index (χ1v) is 7.75. The van der Waals surface area contributed by atoms with E-state index in [0.29, 0.717) is 19.6 Å². The molecule has 1 aromatic rings. The lowest BCUT2D eigenvalue weighted by Crippen LogP contribution is -2.53. The number of piperazine rings is 1. The average Bonchev–Trinajstić information content (AvgIpc) is 2.58. The Kier molecular flexibility index (Phi) is 6.38. The van der Waals surface area contributed by atoms with Gasteiger partial charge >= 0.3 is 6.09 Å². The minimum absolute atomic E-state index is 0.00817. The molecule has 1 atom stereocenters. The summed E-state index contributed by atoms with van der Waals surface area (Å²) in [6.45, 7) is 3.24. The molecule has 1 aliphatic rings. The lowest BCUT2D eigenvalue weighted by Gasteiger charge is -2.34. The van der Waals surface area contributed by atoms with Gasteiger partial charge in [-0.25, -0.2) is 13.6 Å². The molecule has 0 aromatic heterocycles. The minimum atomic E-state index is -0.845. The number of hydrogen-bond donors (Lipinski definition) is 1. The molecule has 5 nitrogen and oxygen atoms in total. The lowest BCUT2D eigenvalue weighted by molar-refractivity contribution is 0.0699. The molecular weight excluding hydrogens is 318 g/mol. The maximum Gasteiger partial charge on any atom is 0.410 e. The monoisotopic (exact) mass is 338 g/mol. The third kappa shape index (κ3) is 4.36. The summed E-state index contributed by atoms with van der Waals surface area (Å²) in [6, 6.07) is 2.05. The fourth-order valence-corrected chi connectivity index (χ4v) is 2.51. The number of benzene rings is 1. The Morgan fingerprint density at radius 3 is 2.79 bits per heavy atom. The number of rotatable bonds is 5. The first-order valence-electron chi connectivity index (χ1n) is 7.75. The van der Waals surface area contributed by atoms with Crippen molar-refractivity contribution in [2.45, 2.75) is 26.0 Å². The third-order valence-electron chi connectivity index (χ3n) is 3.83. The van der Waals surface area contributed by atoms with Crippen LogP contribution in [-0.4, -0.2) is 43.3 Å². The Labute approximate surface area is 139 Å². The van der Waals surface area contributed by atoms with Gasteiger partial charge in [0.1, 0.15) is 30.6 Å². The molecule has 1 heterocycles. The van der Waals surface area contributed by atoms with Crippen molar-refractivity contribution in [2.24, 2.45) is 0 Å². The standard InChI is InChI=1S/C17H20F2N2O3/c1-3-7-23-13-8-15(18)14(16(19)9-13)11-24-17(22)21-6-5-20-10-12(21)4-2/h1,8-9,12,20H,4-7,10-11H2,2H3. The molecule has 0 aliphatic carbocycles. The molecule has 0 radical (unpaired) electrons. The number of carbonyl (C=O) groups is 1. The summed E-state index contributed by atoms with van der Waals surface area (Å²) in [6.07, 6.45) is 5.22. The number of halogens is 2. The normalized spacial score (nSPS) is 17.2. The van der Waals surface area contributed by atoms with Crippen LogP contribution in [0.25, 0.3) is 0 Å². The first kappa shape index (κ1) is 18.0. The van der Waals surface area contributed by atoms with Crippen LogP contribution in [0, 0.1) is 24.0 Å². The quantitative estimate of drug-likeness (QED) is 0.837. The number of hydrogen-bond acceptors (Lipinski definition) is 4. The summed E-state index contributed by atoms with van der Waals surface area (Å²) in [5.41, 5.74) is -0.320. The number of carbonyl (C=O) groups excluding carboxylic acids is 1. The summed E-state index contributed by atoms with van der Waals surface area (Å²) in [5.74, 6) is 0.510. The molecule has 0 bridgehead atoms. The van der Waals surface area contributed by atoms with Gasteiger partial charge in [0, 0.05) is 37.8 Å². The number of amides is 1. The topological polar surface area (TPSA) is 50.8 Å². The second kappa shape index (κ2) is 8.50. The van der Waals surface area contributed by atoms with Gasteiger partial charge < -0.3 is 19.7 Å². The number of terminal acetylenes is 1. The fourth-order valence-electron chi connectivity index (χ4n) is 2.51. The van der Waals surface area contributed by atoms with Gasteiger partial charge in [-0.3, -0.25) is 0 Å². The number of nitrogens with one attached hydrogen (secondary N) is 1. The van der Waals surface area contributed by atoms with E-state index in [0.717, 1.165) is 18.6 Å². The van der Waals surface area contributed by atoms with Crippen LogP contribution in [-0.2, 0) is 11.3 Å². The van der Waals surface area contributed by atoms with Crippen molar-refractivity contribution in [3.05, 3.63) is 29.3 Å². The predicted octanol–water partition coefficient (Wildman–Crippen LogP) is 2.30. The molecule has 1 unspecified atom stereocenters. The van der Waals surface area contributed by atoms with Crippen molar-refractivity contribution < 1.29 is 23.0 Å². The van der Waals surface area contributed by atoms with Gasteiger partial charge in [-0.2, -0.15) is 0 Å². The smallest absolute Gasteiger partial charge is 0.410 e. The van der Waals surface area contributed by atoms with E-state index in [1.54, 1.807) is 4.90 Å². The number of ether oxygens (including phenoxy) is 2. The molecule has 7 heteroatoms. The Hall–Kier alpha value is -2.33. The van der Waals surface area contributed by atoms with Crippen LogP contribution in [0.2, 0.25) is 0 Å². The highest BCUT2D eigenvalue weighted by Gasteiger charge is 2.26. The van der Waals surface area contributed by atoms with Gasteiger partial charge in [0.2, 0.25) is 0 Å². The molecule has 24 heavy (non-hydrogen) atoms. The van der Waals surface area contributed by atoms with Crippen LogP contribution in [0.4, 0.5) is 13.6 Å². The van der Waals surface area contributed by atoms with Crippen molar-refractivity contribution >= 4 is 6.09 Å². The highest BCUT2D eigenvalue weighted by molar-refractivity contribution is 5.68. The van der Waals surface area contributed by atoms with E-state index >= 15 is 0 Å². The largest absolute Gasteiger partial charge is 0.481 e. The van der Waals surface area contributed by atoms with E-state index in [1.807, 2.05) is 6.92 Å². The van der Waals surface area contributed by atoms with Crippen LogP contribution in [0.3, 0.4) is 0 Å². The Morgan fingerprint density at radius 1 is 1.46 bits per heavy atom. The summed E-state index contributed by atoms with van der Waals surface area (Å²) >= 11 is 0. The first-order chi connectivity index (χ1) is 11.6. The predicted molar refractivity (Wildman–Crippen MR) is 84.5 cm³/mol. The molecule has 1 aliphatic heterocycles. The summed E-state index contributed by atoms with van der Waals surface area (Å²) in [5, 5.41) is 3.19. The Balaban J connectivity index is 2.00.